The highest BCUT2D eigenvalue weighted by Crippen LogP contribution is 2.23. The highest BCUT2D eigenvalue weighted by Gasteiger charge is 2.22. The van der Waals surface area contributed by atoms with Crippen molar-refractivity contribution < 1.29 is 9.53 Å². The average molecular weight is 166 g/mol. The smallest absolute Gasteiger partial charge is 0.149 e. The van der Waals surface area contributed by atoms with Gasteiger partial charge in [0, 0.05) is 6.42 Å². The molecule has 0 amide bonds. The number of carbonyl (C=O) groups excluding carboxylic acids is 1. The summed E-state index contributed by atoms with van der Waals surface area (Å²) in [7, 11) is 0. The number of hydrogen-bond donors (Lipinski definition) is 0. The number of carbonyl (C=O) groups is 1. The van der Waals surface area contributed by atoms with Crippen LogP contribution in [0, 0.1) is 0 Å². The van der Waals surface area contributed by atoms with E-state index < -0.39 is 0 Å². The van der Waals surface area contributed by atoms with Gasteiger partial charge in [-0.2, -0.15) is 0 Å². The van der Waals surface area contributed by atoms with E-state index in [1.807, 2.05) is 6.08 Å². The lowest BCUT2D eigenvalue weighted by Gasteiger charge is -2.27. The van der Waals surface area contributed by atoms with Gasteiger partial charge >= 0.3 is 0 Å². The molecule has 0 saturated carbocycles. The Kier molecular flexibility index (Phi) is 3.23. The van der Waals surface area contributed by atoms with E-state index in [0.29, 0.717) is 6.42 Å². The second kappa shape index (κ2) is 4.21. The average Bonchev–Trinajstić information content (AvgIpc) is 2.04. The molecule has 1 fully saturated rings. The van der Waals surface area contributed by atoms with Crippen molar-refractivity contribution in [3.63, 3.8) is 0 Å². The minimum Gasteiger partial charge on any atom is -0.367 e. The van der Waals surface area contributed by atoms with Gasteiger partial charge in [-0.15, -0.1) is 6.58 Å². The third kappa shape index (κ3) is 2.31. The molecule has 2 heteroatoms. The molecule has 0 bridgehead atoms. The molecule has 1 saturated heterocycles. The molecule has 0 N–H and O–H groups in total. The molecule has 1 aliphatic heterocycles. The minimum absolute atomic E-state index is 0.110. The Hall–Kier alpha value is -0.890. The van der Waals surface area contributed by atoms with Crippen molar-refractivity contribution in [2.45, 2.75) is 31.5 Å². The predicted octanol–water partition coefficient (Wildman–Crippen LogP) is 1.87. The van der Waals surface area contributed by atoms with Crippen LogP contribution in [-0.2, 0) is 9.53 Å². The topological polar surface area (TPSA) is 26.3 Å². The standard InChI is InChI=1S/C10H14O2/c1-3-4-9-5-8(2)6-10(7-11)12-9/h3,7,9-10H,1-2,4-6H2/t9-,10-/m0/s1. The Labute approximate surface area is 72.9 Å². The first-order chi connectivity index (χ1) is 5.76. The zero-order valence-electron chi connectivity index (χ0n) is 7.16. The van der Waals surface area contributed by atoms with Crippen molar-refractivity contribution >= 4 is 6.29 Å². The maximum Gasteiger partial charge on any atom is 0.149 e. The molecule has 2 nitrogen and oxygen atoms in total. The highest BCUT2D eigenvalue weighted by atomic mass is 16.5. The minimum atomic E-state index is -0.281. The Morgan fingerprint density at radius 3 is 2.92 bits per heavy atom. The molecule has 0 unspecified atom stereocenters. The number of hydrogen-bond acceptors (Lipinski definition) is 2. The molecule has 12 heavy (non-hydrogen) atoms. The summed E-state index contributed by atoms with van der Waals surface area (Å²) in [5.74, 6) is 0. The first-order valence-corrected chi connectivity index (χ1v) is 4.14. The molecule has 0 aromatic carbocycles. The monoisotopic (exact) mass is 166 g/mol. The fourth-order valence-corrected chi connectivity index (χ4v) is 1.44. The van der Waals surface area contributed by atoms with Crippen LogP contribution in [0.1, 0.15) is 19.3 Å². The number of aldehydes is 1. The van der Waals surface area contributed by atoms with E-state index in [-0.39, 0.29) is 12.2 Å². The van der Waals surface area contributed by atoms with E-state index in [0.717, 1.165) is 24.7 Å². The first kappa shape index (κ1) is 9.20. The number of ether oxygens (including phenoxy) is 1. The van der Waals surface area contributed by atoms with Crippen molar-refractivity contribution in [3.05, 3.63) is 24.8 Å². The van der Waals surface area contributed by atoms with Crippen LogP contribution in [0.3, 0.4) is 0 Å². The summed E-state index contributed by atoms with van der Waals surface area (Å²) in [6.45, 7) is 7.50. The van der Waals surface area contributed by atoms with E-state index in [2.05, 4.69) is 13.2 Å². The van der Waals surface area contributed by atoms with Crippen molar-refractivity contribution in [2.24, 2.45) is 0 Å². The summed E-state index contributed by atoms with van der Waals surface area (Å²) >= 11 is 0. The second-order valence-corrected chi connectivity index (χ2v) is 3.12. The quantitative estimate of drug-likeness (QED) is 0.472. The molecule has 66 valence electrons. The van der Waals surface area contributed by atoms with Crippen LogP contribution in [0.15, 0.2) is 24.8 Å². The van der Waals surface area contributed by atoms with Crippen LogP contribution in [0.4, 0.5) is 0 Å². The van der Waals surface area contributed by atoms with Gasteiger partial charge in [0.05, 0.1) is 6.10 Å². The zero-order valence-corrected chi connectivity index (χ0v) is 7.16. The molecule has 2 atom stereocenters. The van der Waals surface area contributed by atoms with E-state index >= 15 is 0 Å². The molecule has 1 rings (SSSR count). The largest absolute Gasteiger partial charge is 0.367 e. The fourth-order valence-electron chi connectivity index (χ4n) is 1.44. The van der Waals surface area contributed by atoms with E-state index in [1.54, 1.807) is 0 Å². The highest BCUT2D eigenvalue weighted by molar-refractivity contribution is 5.57. The van der Waals surface area contributed by atoms with Crippen LogP contribution in [0.25, 0.3) is 0 Å². The lowest BCUT2D eigenvalue weighted by Crippen LogP contribution is -2.29. The molecule has 1 heterocycles. The molecule has 0 spiro atoms. The summed E-state index contributed by atoms with van der Waals surface area (Å²) in [5.41, 5.74) is 1.10. The van der Waals surface area contributed by atoms with Gasteiger partial charge in [-0.1, -0.05) is 18.2 Å². The Morgan fingerprint density at radius 1 is 1.58 bits per heavy atom. The SMILES string of the molecule is C=CC[C@H]1CC(=C)C[C@@H](C=O)O1. The lowest BCUT2D eigenvalue weighted by atomic mass is 9.98. The van der Waals surface area contributed by atoms with Crippen LogP contribution in [0.5, 0.6) is 0 Å². The molecular formula is C10H14O2. The summed E-state index contributed by atoms with van der Waals surface area (Å²) in [6.07, 6.45) is 4.82. The third-order valence-electron chi connectivity index (χ3n) is 1.95. The summed E-state index contributed by atoms with van der Waals surface area (Å²) in [4.78, 5) is 10.5. The molecule has 0 aromatic rings. The Bertz CT molecular complexity index is 196. The molecule has 0 aromatic heterocycles. The Morgan fingerprint density at radius 2 is 2.33 bits per heavy atom. The van der Waals surface area contributed by atoms with Crippen molar-refractivity contribution in [1.82, 2.24) is 0 Å². The van der Waals surface area contributed by atoms with Gasteiger partial charge in [-0.05, 0) is 12.8 Å². The van der Waals surface area contributed by atoms with Gasteiger partial charge in [0.15, 0.2) is 0 Å². The molecule has 1 aliphatic rings. The normalized spacial score (nSPS) is 29.8. The Balaban J connectivity index is 2.50. The van der Waals surface area contributed by atoms with E-state index in [1.165, 1.54) is 0 Å². The number of rotatable bonds is 3. The van der Waals surface area contributed by atoms with Gasteiger partial charge in [0.2, 0.25) is 0 Å². The van der Waals surface area contributed by atoms with Crippen molar-refractivity contribution in [2.75, 3.05) is 0 Å². The first-order valence-electron chi connectivity index (χ1n) is 4.14. The maximum absolute atomic E-state index is 10.5. The lowest BCUT2D eigenvalue weighted by molar-refractivity contribution is -0.123. The zero-order chi connectivity index (χ0) is 8.97. The van der Waals surface area contributed by atoms with Crippen LogP contribution < -0.4 is 0 Å². The van der Waals surface area contributed by atoms with E-state index in [9.17, 15) is 4.79 Å². The van der Waals surface area contributed by atoms with E-state index in [4.69, 9.17) is 4.74 Å². The summed E-state index contributed by atoms with van der Waals surface area (Å²) < 4.78 is 5.45. The van der Waals surface area contributed by atoms with Crippen molar-refractivity contribution in [1.29, 1.82) is 0 Å². The summed E-state index contributed by atoms with van der Waals surface area (Å²) in [6, 6.07) is 0. The fraction of sp³-hybridized carbons (Fsp3) is 0.500. The molecule has 0 radical (unpaired) electrons. The molecular weight excluding hydrogens is 152 g/mol. The molecule has 0 aliphatic carbocycles. The van der Waals surface area contributed by atoms with Gasteiger partial charge in [0.25, 0.3) is 0 Å². The van der Waals surface area contributed by atoms with Gasteiger partial charge in [-0.25, -0.2) is 0 Å². The van der Waals surface area contributed by atoms with Crippen molar-refractivity contribution in [3.8, 4) is 0 Å². The van der Waals surface area contributed by atoms with Crippen LogP contribution in [-0.4, -0.2) is 18.5 Å². The predicted molar refractivity (Wildman–Crippen MR) is 47.9 cm³/mol. The van der Waals surface area contributed by atoms with Gasteiger partial charge in [0.1, 0.15) is 12.4 Å². The second-order valence-electron chi connectivity index (χ2n) is 3.12. The summed E-state index contributed by atoms with van der Waals surface area (Å²) in [5, 5.41) is 0. The third-order valence-corrected chi connectivity index (χ3v) is 1.95. The van der Waals surface area contributed by atoms with Gasteiger partial charge < -0.3 is 9.53 Å². The maximum atomic E-state index is 10.5. The van der Waals surface area contributed by atoms with Crippen LogP contribution in [0.2, 0.25) is 0 Å². The van der Waals surface area contributed by atoms with Gasteiger partial charge in [-0.3, -0.25) is 0 Å². The van der Waals surface area contributed by atoms with Crippen LogP contribution >= 0.6 is 0 Å².